The number of aryl methyl sites for hydroxylation is 2. The van der Waals surface area contributed by atoms with Gasteiger partial charge in [-0.25, -0.2) is 4.98 Å². The van der Waals surface area contributed by atoms with Gasteiger partial charge in [0.25, 0.3) is 0 Å². The largest absolute Gasteiger partial charge is 0.348 e. The average Bonchev–Trinajstić information content (AvgIpc) is 3.43. The van der Waals surface area contributed by atoms with Crippen molar-refractivity contribution >= 4 is 28.5 Å². The van der Waals surface area contributed by atoms with E-state index in [1.165, 1.54) is 30.4 Å². The fourth-order valence-electron chi connectivity index (χ4n) is 5.27. The number of aliphatic imine (C=N–C) groups is 1. The zero-order valence-electron chi connectivity index (χ0n) is 23.1. The average molecular weight is 528 g/mol. The van der Waals surface area contributed by atoms with Crippen LogP contribution in [0.25, 0.3) is 0 Å². The van der Waals surface area contributed by atoms with Gasteiger partial charge in [-0.15, -0.1) is 11.3 Å². The van der Waals surface area contributed by atoms with Crippen LogP contribution in [0, 0.1) is 0 Å². The first-order valence-electron chi connectivity index (χ1n) is 14.1. The maximum atomic E-state index is 14.1. The van der Waals surface area contributed by atoms with Crippen molar-refractivity contribution in [2.75, 3.05) is 18.0 Å². The van der Waals surface area contributed by atoms with E-state index in [1.807, 2.05) is 19.1 Å². The van der Waals surface area contributed by atoms with Crippen LogP contribution in [0.15, 0.2) is 76.7 Å². The second-order valence-corrected chi connectivity index (χ2v) is 11.2. The smallest absolute Gasteiger partial charge is 0.188 e. The number of allylic oxidation sites excluding steroid dienone is 2. The zero-order valence-corrected chi connectivity index (χ0v) is 23.9. The molecule has 1 aromatic heterocycles. The maximum absolute atomic E-state index is 14.1. The molecule has 38 heavy (non-hydrogen) atoms. The zero-order chi connectivity index (χ0) is 26.7. The number of benzene rings is 2. The summed E-state index contributed by atoms with van der Waals surface area (Å²) in [4.78, 5) is 26.1. The molecular weight excluding hydrogens is 486 g/mol. The molecule has 4 rings (SSSR count). The lowest BCUT2D eigenvalue weighted by molar-refractivity contribution is -0.117. The molecule has 200 valence electrons. The quantitative estimate of drug-likeness (QED) is 0.176. The van der Waals surface area contributed by atoms with Crippen molar-refractivity contribution in [1.29, 1.82) is 0 Å². The number of anilines is 1. The topological polar surface area (TPSA) is 45.6 Å². The van der Waals surface area contributed by atoms with Gasteiger partial charge >= 0.3 is 0 Å². The van der Waals surface area contributed by atoms with Crippen LogP contribution in [0.1, 0.15) is 87.1 Å². The van der Waals surface area contributed by atoms with Gasteiger partial charge in [0, 0.05) is 30.6 Å². The number of hydrogen-bond acceptors (Lipinski definition) is 5. The number of nitrogens with zero attached hydrogens (tertiary/aromatic N) is 3. The monoisotopic (exact) mass is 527 g/mol. The van der Waals surface area contributed by atoms with E-state index in [0.717, 1.165) is 55.2 Å². The van der Waals surface area contributed by atoms with Crippen molar-refractivity contribution in [1.82, 2.24) is 4.98 Å². The summed E-state index contributed by atoms with van der Waals surface area (Å²) in [6, 6.07) is 18.8. The van der Waals surface area contributed by atoms with Crippen molar-refractivity contribution in [2.45, 2.75) is 77.6 Å². The molecule has 2 aromatic carbocycles. The number of carbonyl (C=O) groups is 1. The highest BCUT2D eigenvalue weighted by molar-refractivity contribution is 7.13. The Bertz CT molecular complexity index is 1220. The van der Waals surface area contributed by atoms with Gasteiger partial charge in [0.1, 0.15) is 5.70 Å². The van der Waals surface area contributed by atoms with E-state index in [9.17, 15) is 4.79 Å². The van der Waals surface area contributed by atoms with E-state index >= 15 is 0 Å². The number of ketones is 1. The van der Waals surface area contributed by atoms with Crippen LogP contribution in [-0.2, 0) is 17.6 Å². The van der Waals surface area contributed by atoms with Gasteiger partial charge in [-0.1, -0.05) is 74.5 Å². The predicted octanol–water partition coefficient (Wildman–Crippen LogP) is 8.15. The summed E-state index contributed by atoms with van der Waals surface area (Å²) < 4.78 is 0. The first kappa shape index (κ1) is 28.0. The molecule has 1 unspecified atom stereocenters. The van der Waals surface area contributed by atoms with Gasteiger partial charge in [0.15, 0.2) is 10.9 Å². The summed E-state index contributed by atoms with van der Waals surface area (Å²) in [7, 11) is 0. The molecule has 1 saturated heterocycles. The first-order valence-corrected chi connectivity index (χ1v) is 15.0. The molecular formula is C33H41N3OS. The third-order valence-electron chi connectivity index (χ3n) is 7.30. The van der Waals surface area contributed by atoms with Crippen LogP contribution in [-0.4, -0.2) is 30.1 Å². The van der Waals surface area contributed by atoms with Crippen molar-refractivity contribution < 1.29 is 4.79 Å². The van der Waals surface area contributed by atoms with E-state index in [0.29, 0.717) is 11.6 Å². The lowest BCUT2D eigenvalue weighted by Crippen LogP contribution is -2.29. The number of thiazole rings is 1. The van der Waals surface area contributed by atoms with Gasteiger partial charge in [0.2, 0.25) is 0 Å². The van der Waals surface area contributed by atoms with Crippen molar-refractivity contribution in [3.8, 4) is 0 Å². The molecule has 1 fully saturated rings. The van der Waals surface area contributed by atoms with Crippen LogP contribution >= 0.6 is 11.3 Å². The minimum Gasteiger partial charge on any atom is -0.348 e. The summed E-state index contributed by atoms with van der Waals surface area (Å²) in [6.07, 6.45) is 10.7. The van der Waals surface area contributed by atoms with E-state index in [4.69, 9.17) is 4.98 Å². The second kappa shape index (κ2) is 14.2. The molecule has 5 heteroatoms. The van der Waals surface area contributed by atoms with Crippen molar-refractivity contribution in [3.05, 3.63) is 94.1 Å². The molecule has 1 aliphatic rings. The predicted molar refractivity (Wildman–Crippen MR) is 162 cm³/mol. The van der Waals surface area contributed by atoms with Crippen LogP contribution in [0.2, 0.25) is 0 Å². The third-order valence-corrected chi connectivity index (χ3v) is 8.25. The van der Waals surface area contributed by atoms with Gasteiger partial charge < -0.3 is 4.90 Å². The first-order chi connectivity index (χ1) is 18.6. The number of piperidine rings is 1. The Labute approximate surface area is 232 Å². The number of aromatic nitrogens is 1. The SMILES string of the molecule is CC=N/C(=C\CCc1ccccc1)C(=O)C(CCc1csc(N2CCCCC2)n1)c1ccccc1C(C)C. The van der Waals surface area contributed by atoms with Gasteiger partial charge in [-0.2, -0.15) is 0 Å². The van der Waals surface area contributed by atoms with Gasteiger partial charge in [0.05, 0.1) is 5.69 Å². The molecule has 0 spiro atoms. The molecule has 2 heterocycles. The molecule has 0 aliphatic carbocycles. The number of rotatable bonds is 12. The number of Topliss-reactive ketones (excluding diaryl/α,β-unsaturated/α-hetero) is 1. The molecule has 0 bridgehead atoms. The molecule has 0 amide bonds. The summed E-state index contributed by atoms with van der Waals surface area (Å²) >= 11 is 1.74. The lowest BCUT2D eigenvalue weighted by Gasteiger charge is -2.25. The highest BCUT2D eigenvalue weighted by atomic mass is 32.1. The van der Waals surface area contributed by atoms with Gasteiger partial charge in [-0.05, 0) is 74.5 Å². The summed E-state index contributed by atoms with van der Waals surface area (Å²) in [5.41, 5.74) is 5.29. The highest BCUT2D eigenvalue weighted by Gasteiger charge is 2.27. The van der Waals surface area contributed by atoms with E-state index in [2.05, 4.69) is 77.7 Å². The normalized spacial score (nSPS) is 15.4. The van der Waals surface area contributed by atoms with Gasteiger partial charge in [-0.3, -0.25) is 9.79 Å². The van der Waals surface area contributed by atoms with E-state index in [-0.39, 0.29) is 11.7 Å². The fourth-order valence-corrected chi connectivity index (χ4v) is 6.18. The van der Waals surface area contributed by atoms with Crippen LogP contribution in [0.3, 0.4) is 0 Å². The van der Waals surface area contributed by atoms with Crippen LogP contribution in [0.4, 0.5) is 5.13 Å². The van der Waals surface area contributed by atoms with Crippen LogP contribution in [0.5, 0.6) is 0 Å². The van der Waals surface area contributed by atoms with Crippen molar-refractivity contribution in [2.24, 2.45) is 4.99 Å². The Morgan fingerprint density at radius 2 is 1.71 bits per heavy atom. The molecule has 0 saturated carbocycles. The Balaban J connectivity index is 1.56. The Kier molecular flexibility index (Phi) is 10.5. The maximum Gasteiger partial charge on any atom is 0.188 e. The van der Waals surface area contributed by atoms with E-state index < -0.39 is 0 Å². The Morgan fingerprint density at radius 3 is 2.42 bits per heavy atom. The molecule has 3 aromatic rings. The number of hydrogen-bond donors (Lipinski definition) is 0. The lowest BCUT2D eigenvalue weighted by atomic mass is 9.82. The summed E-state index contributed by atoms with van der Waals surface area (Å²) in [5.74, 6) is 0.197. The molecule has 4 nitrogen and oxygen atoms in total. The van der Waals surface area contributed by atoms with E-state index in [1.54, 1.807) is 17.6 Å². The van der Waals surface area contributed by atoms with Crippen molar-refractivity contribution in [3.63, 3.8) is 0 Å². The standard InChI is InChI=1S/C33H41N3OS/c1-4-34-31(19-13-16-26-14-7-5-8-15-26)32(37)30(29-18-10-9-17-28(29)25(2)3)21-20-27-24-38-33(35-27)36-22-11-6-12-23-36/h4-5,7-10,14-15,17-19,24-25,30H,6,11-13,16,20-23H2,1-3H3/b31-19-,34-4?. The highest BCUT2D eigenvalue weighted by Crippen LogP contribution is 2.33. The number of carbonyl (C=O) groups excluding carboxylic acids is 1. The molecule has 1 aliphatic heterocycles. The minimum atomic E-state index is -0.250. The fraction of sp³-hybridized carbons (Fsp3) is 0.424. The Hall–Kier alpha value is -3.05. The molecule has 0 N–H and O–H groups in total. The Morgan fingerprint density at radius 1 is 1.00 bits per heavy atom. The van der Waals surface area contributed by atoms with Crippen LogP contribution < -0.4 is 4.90 Å². The minimum absolute atomic E-state index is 0.107. The molecule has 1 atom stereocenters. The summed E-state index contributed by atoms with van der Waals surface area (Å²) in [6.45, 7) is 8.48. The molecule has 0 radical (unpaired) electrons. The summed E-state index contributed by atoms with van der Waals surface area (Å²) in [5, 5.41) is 3.31. The third kappa shape index (κ3) is 7.50. The second-order valence-electron chi connectivity index (χ2n) is 10.4.